The van der Waals surface area contributed by atoms with Gasteiger partial charge < -0.3 is 10.1 Å². The van der Waals surface area contributed by atoms with Gasteiger partial charge in [0.1, 0.15) is 6.10 Å². The van der Waals surface area contributed by atoms with E-state index in [1.165, 1.54) is 19.2 Å². The second kappa shape index (κ2) is 4.58. The van der Waals surface area contributed by atoms with Gasteiger partial charge >= 0.3 is 0 Å². The van der Waals surface area contributed by atoms with E-state index in [9.17, 15) is 14.4 Å². The lowest BCUT2D eigenvalue weighted by atomic mass is 10.1. The first-order valence-corrected chi connectivity index (χ1v) is 5.36. The van der Waals surface area contributed by atoms with Gasteiger partial charge in [0.05, 0.1) is 11.1 Å². The number of carbonyl (C=O) groups excluding carboxylic acids is 3. The molecule has 1 aromatic carbocycles. The van der Waals surface area contributed by atoms with Crippen LogP contribution in [0.4, 0.5) is 5.69 Å². The Balaban J connectivity index is 2.23. The Labute approximate surface area is 103 Å². The van der Waals surface area contributed by atoms with E-state index in [0.29, 0.717) is 11.3 Å². The van der Waals surface area contributed by atoms with Gasteiger partial charge in [0.15, 0.2) is 0 Å². The number of rotatable bonds is 3. The minimum atomic E-state index is -0.589. The molecule has 94 valence electrons. The van der Waals surface area contributed by atoms with Gasteiger partial charge in [0.25, 0.3) is 17.7 Å². The average Bonchev–Trinajstić information content (AvgIpc) is 2.63. The number of fused-ring (bicyclic) bond motifs is 1. The van der Waals surface area contributed by atoms with Crippen LogP contribution in [0.5, 0.6) is 0 Å². The predicted octanol–water partition coefficient (Wildman–Crippen LogP) is 0.544. The molecule has 2 N–H and O–H groups in total. The molecule has 1 aliphatic rings. The first-order valence-electron chi connectivity index (χ1n) is 5.36. The van der Waals surface area contributed by atoms with Crippen molar-refractivity contribution in [1.29, 1.82) is 0 Å². The first kappa shape index (κ1) is 12.3. The molecule has 18 heavy (non-hydrogen) atoms. The zero-order valence-electron chi connectivity index (χ0n) is 9.94. The summed E-state index contributed by atoms with van der Waals surface area (Å²) in [5, 5.41) is 4.78. The van der Waals surface area contributed by atoms with Crippen LogP contribution in [0.25, 0.3) is 0 Å². The number of anilines is 1. The molecular weight excluding hydrogens is 236 g/mol. The molecule has 0 radical (unpaired) electrons. The zero-order valence-corrected chi connectivity index (χ0v) is 9.94. The molecule has 0 saturated heterocycles. The molecular formula is C12H12N2O4. The third-order valence-corrected chi connectivity index (χ3v) is 2.73. The van der Waals surface area contributed by atoms with E-state index in [0.717, 1.165) is 0 Å². The van der Waals surface area contributed by atoms with Crippen LogP contribution in [0.3, 0.4) is 0 Å². The SMILES string of the molecule is COC(C)C(=O)Nc1ccc2c(c1)C(=O)NC2=O. The third-order valence-electron chi connectivity index (χ3n) is 2.73. The highest BCUT2D eigenvalue weighted by Crippen LogP contribution is 2.20. The van der Waals surface area contributed by atoms with Crippen LogP contribution in [0.2, 0.25) is 0 Å². The first-order chi connectivity index (χ1) is 8.52. The molecule has 3 amide bonds. The topological polar surface area (TPSA) is 84.5 Å². The number of hydrogen-bond acceptors (Lipinski definition) is 4. The van der Waals surface area contributed by atoms with Crippen molar-refractivity contribution < 1.29 is 19.1 Å². The van der Waals surface area contributed by atoms with Gasteiger partial charge in [-0.05, 0) is 25.1 Å². The Kier molecular flexibility index (Phi) is 3.12. The summed E-state index contributed by atoms with van der Waals surface area (Å²) in [7, 11) is 1.43. The summed E-state index contributed by atoms with van der Waals surface area (Å²) in [6.45, 7) is 1.61. The molecule has 6 heteroatoms. The molecule has 1 atom stereocenters. The number of imide groups is 1. The lowest BCUT2D eigenvalue weighted by molar-refractivity contribution is -0.124. The van der Waals surface area contributed by atoms with E-state index in [1.54, 1.807) is 13.0 Å². The fourth-order valence-corrected chi connectivity index (χ4v) is 1.60. The monoisotopic (exact) mass is 248 g/mol. The van der Waals surface area contributed by atoms with Crippen molar-refractivity contribution in [2.75, 3.05) is 12.4 Å². The van der Waals surface area contributed by atoms with Crippen molar-refractivity contribution in [3.63, 3.8) is 0 Å². The molecule has 6 nitrogen and oxygen atoms in total. The van der Waals surface area contributed by atoms with E-state index < -0.39 is 17.9 Å². The van der Waals surface area contributed by atoms with Crippen LogP contribution < -0.4 is 10.6 Å². The number of carbonyl (C=O) groups is 3. The van der Waals surface area contributed by atoms with Crippen molar-refractivity contribution >= 4 is 23.4 Å². The maximum absolute atomic E-state index is 11.6. The Morgan fingerprint density at radius 3 is 2.61 bits per heavy atom. The van der Waals surface area contributed by atoms with E-state index >= 15 is 0 Å². The highest BCUT2D eigenvalue weighted by molar-refractivity contribution is 6.22. The molecule has 0 aromatic heterocycles. The van der Waals surface area contributed by atoms with E-state index in [4.69, 9.17) is 4.74 Å². The van der Waals surface area contributed by atoms with Crippen LogP contribution >= 0.6 is 0 Å². The molecule has 0 fully saturated rings. The molecule has 0 spiro atoms. The number of nitrogens with one attached hydrogen (secondary N) is 2. The number of hydrogen-bond donors (Lipinski definition) is 2. The fourth-order valence-electron chi connectivity index (χ4n) is 1.60. The Morgan fingerprint density at radius 1 is 1.28 bits per heavy atom. The smallest absolute Gasteiger partial charge is 0.259 e. The van der Waals surface area contributed by atoms with Crippen LogP contribution in [0, 0.1) is 0 Å². The summed E-state index contributed by atoms with van der Waals surface area (Å²) in [5.74, 6) is -1.19. The summed E-state index contributed by atoms with van der Waals surface area (Å²) in [4.78, 5) is 34.3. The lowest BCUT2D eigenvalue weighted by Gasteiger charge is -2.10. The van der Waals surface area contributed by atoms with Gasteiger partial charge in [-0.3, -0.25) is 19.7 Å². The predicted molar refractivity (Wildman–Crippen MR) is 63.3 cm³/mol. The Hall–Kier alpha value is -2.21. The van der Waals surface area contributed by atoms with Crippen LogP contribution in [0.15, 0.2) is 18.2 Å². The molecule has 0 saturated carbocycles. The average molecular weight is 248 g/mol. The maximum Gasteiger partial charge on any atom is 0.259 e. The minimum Gasteiger partial charge on any atom is -0.372 e. The molecule has 1 aromatic rings. The van der Waals surface area contributed by atoms with E-state index in [-0.39, 0.29) is 11.5 Å². The molecule has 2 rings (SSSR count). The van der Waals surface area contributed by atoms with Crippen LogP contribution in [-0.2, 0) is 9.53 Å². The number of ether oxygens (including phenoxy) is 1. The quantitative estimate of drug-likeness (QED) is 0.765. The summed E-state index contributed by atoms with van der Waals surface area (Å²) >= 11 is 0. The van der Waals surface area contributed by atoms with Gasteiger partial charge in [-0.15, -0.1) is 0 Å². The summed E-state index contributed by atoms with van der Waals surface area (Å²) in [5.41, 5.74) is 1.04. The molecule has 0 aliphatic carbocycles. The molecule has 1 unspecified atom stereocenters. The highest BCUT2D eigenvalue weighted by atomic mass is 16.5. The van der Waals surface area contributed by atoms with Crippen molar-refractivity contribution in [3.05, 3.63) is 29.3 Å². The molecule has 1 aliphatic heterocycles. The number of benzene rings is 1. The fraction of sp³-hybridized carbons (Fsp3) is 0.250. The molecule has 1 heterocycles. The van der Waals surface area contributed by atoms with Crippen molar-refractivity contribution in [3.8, 4) is 0 Å². The van der Waals surface area contributed by atoms with Crippen molar-refractivity contribution in [1.82, 2.24) is 5.32 Å². The van der Waals surface area contributed by atoms with Crippen molar-refractivity contribution in [2.45, 2.75) is 13.0 Å². The van der Waals surface area contributed by atoms with Gasteiger partial charge in [-0.2, -0.15) is 0 Å². The second-order valence-corrected chi connectivity index (χ2v) is 3.91. The Bertz CT molecular complexity index is 539. The van der Waals surface area contributed by atoms with Crippen LogP contribution in [-0.4, -0.2) is 30.9 Å². The molecule has 0 bridgehead atoms. The van der Waals surface area contributed by atoms with Gasteiger partial charge in [-0.1, -0.05) is 0 Å². The largest absolute Gasteiger partial charge is 0.372 e. The number of amides is 3. The standard InChI is InChI=1S/C12H12N2O4/c1-6(18-2)10(15)13-7-3-4-8-9(5-7)12(17)14-11(8)16/h3-6H,1-2H3,(H,13,15)(H,14,16,17). The third kappa shape index (κ3) is 2.10. The normalized spacial score (nSPS) is 15.0. The zero-order chi connectivity index (χ0) is 13.3. The summed E-state index contributed by atoms with van der Waals surface area (Å²) in [6.07, 6.45) is -0.589. The highest BCUT2D eigenvalue weighted by Gasteiger charge is 2.26. The lowest BCUT2D eigenvalue weighted by Crippen LogP contribution is -2.26. The van der Waals surface area contributed by atoms with Gasteiger partial charge in [0, 0.05) is 12.8 Å². The summed E-state index contributed by atoms with van der Waals surface area (Å²) in [6, 6.07) is 4.54. The number of methoxy groups -OCH3 is 1. The van der Waals surface area contributed by atoms with Gasteiger partial charge in [-0.25, -0.2) is 0 Å². The second-order valence-electron chi connectivity index (χ2n) is 3.91. The van der Waals surface area contributed by atoms with E-state index in [1.807, 2.05) is 0 Å². The maximum atomic E-state index is 11.6. The van der Waals surface area contributed by atoms with Crippen molar-refractivity contribution in [2.24, 2.45) is 0 Å². The van der Waals surface area contributed by atoms with E-state index in [2.05, 4.69) is 10.6 Å². The van der Waals surface area contributed by atoms with Gasteiger partial charge in [0.2, 0.25) is 0 Å². The summed E-state index contributed by atoms with van der Waals surface area (Å²) < 4.78 is 4.87. The van der Waals surface area contributed by atoms with Crippen LogP contribution in [0.1, 0.15) is 27.6 Å². The Morgan fingerprint density at radius 2 is 1.94 bits per heavy atom. The minimum absolute atomic E-state index is 0.267.